The van der Waals surface area contributed by atoms with Crippen LogP contribution < -0.4 is 0 Å². The van der Waals surface area contributed by atoms with Crippen LogP contribution in [0.3, 0.4) is 0 Å². The van der Waals surface area contributed by atoms with Crippen molar-refractivity contribution in [2.24, 2.45) is 5.92 Å². The van der Waals surface area contributed by atoms with Gasteiger partial charge in [0.25, 0.3) is 0 Å². The highest BCUT2D eigenvalue weighted by Gasteiger charge is 2.45. The standard InChI is InChI=1S/C8H14BrNO2/c1-6(2)8(12)4-10(5-8)7(11)3-9/h6,12H,3-5H2,1-2H3. The summed E-state index contributed by atoms with van der Waals surface area (Å²) in [5.41, 5.74) is -0.641. The molecule has 0 bridgehead atoms. The molecule has 3 nitrogen and oxygen atoms in total. The van der Waals surface area contributed by atoms with Crippen LogP contribution in [0, 0.1) is 5.92 Å². The van der Waals surface area contributed by atoms with Gasteiger partial charge >= 0.3 is 0 Å². The summed E-state index contributed by atoms with van der Waals surface area (Å²) in [6.07, 6.45) is 0. The molecule has 0 aliphatic carbocycles. The molecule has 0 saturated carbocycles. The molecule has 0 radical (unpaired) electrons. The van der Waals surface area contributed by atoms with Crippen molar-refractivity contribution in [1.29, 1.82) is 0 Å². The molecule has 1 aliphatic heterocycles. The number of likely N-dealkylation sites (tertiary alicyclic amines) is 1. The third-order valence-electron chi connectivity index (χ3n) is 2.47. The van der Waals surface area contributed by atoms with Crippen molar-refractivity contribution in [2.45, 2.75) is 19.4 Å². The monoisotopic (exact) mass is 235 g/mol. The van der Waals surface area contributed by atoms with E-state index in [9.17, 15) is 9.90 Å². The van der Waals surface area contributed by atoms with Crippen molar-refractivity contribution < 1.29 is 9.90 Å². The number of amides is 1. The first-order valence-corrected chi connectivity index (χ1v) is 5.18. The summed E-state index contributed by atoms with van der Waals surface area (Å²) in [6, 6.07) is 0. The van der Waals surface area contributed by atoms with Gasteiger partial charge in [0, 0.05) is 0 Å². The van der Waals surface area contributed by atoms with E-state index in [1.807, 2.05) is 13.8 Å². The molecule has 1 N–H and O–H groups in total. The molecule has 70 valence electrons. The summed E-state index contributed by atoms with van der Waals surface area (Å²) in [6.45, 7) is 4.90. The molecule has 1 fully saturated rings. The normalized spacial score (nSPS) is 20.9. The van der Waals surface area contributed by atoms with Crippen molar-refractivity contribution >= 4 is 21.8 Å². The zero-order valence-electron chi connectivity index (χ0n) is 7.38. The van der Waals surface area contributed by atoms with Crippen LogP contribution >= 0.6 is 15.9 Å². The Balaban J connectivity index is 2.41. The summed E-state index contributed by atoms with van der Waals surface area (Å²) in [5, 5.41) is 10.1. The Bertz CT molecular complexity index is 187. The molecular formula is C8H14BrNO2. The SMILES string of the molecule is CC(C)C1(O)CN(C(=O)CBr)C1. The Morgan fingerprint density at radius 3 is 2.50 bits per heavy atom. The fourth-order valence-electron chi connectivity index (χ4n) is 1.24. The fraction of sp³-hybridized carbons (Fsp3) is 0.875. The van der Waals surface area contributed by atoms with Gasteiger partial charge in [0.05, 0.1) is 18.4 Å². The van der Waals surface area contributed by atoms with Crippen LogP contribution in [-0.4, -0.2) is 39.9 Å². The maximum absolute atomic E-state index is 11.1. The molecule has 1 amide bonds. The molecule has 0 aromatic heterocycles. The second-order valence-electron chi connectivity index (χ2n) is 3.64. The molecule has 1 saturated heterocycles. The molecule has 1 rings (SSSR count). The van der Waals surface area contributed by atoms with Crippen molar-refractivity contribution in [3.05, 3.63) is 0 Å². The van der Waals surface area contributed by atoms with Gasteiger partial charge in [-0.05, 0) is 5.92 Å². The molecule has 0 aromatic carbocycles. The average Bonchev–Trinajstić information content (AvgIpc) is 1.96. The van der Waals surface area contributed by atoms with Crippen LogP contribution in [0.2, 0.25) is 0 Å². The minimum atomic E-state index is -0.641. The predicted octanol–water partition coefficient (Wildman–Crippen LogP) is 0.611. The first-order valence-electron chi connectivity index (χ1n) is 4.06. The number of nitrogens with zero attached hydrogens (tertiary/aromatic N) is 1. The number of hydrogen-bond donors (Lipinski definition) is 1. The minimum absolute atomic E-state index is 0.0559. The molecular weight excluding hydrogens is 222 g/mol. The number of alkyl halides is 1. The molecule has 4 heteroatoms. The Labute approximate surface area is 80.9 Å². The van der Waals surface area contributed by atoms with Gasteiger partial charge in [0.1, 0.15) is 5.60 Å². The lowest BCUT2D eigenvalue weighted by Gasteiger charge is -2.48. The number of hydrogen-bond acceptors (Lipinski definition) is 2. The van der Waals surface area contributed by atoms with Gasteiger partial charge in [-0.25, -0.2) is 0 Å². The van der Waals surface area contributed by atoms with Crippen LogP contribution in [0.5, 0.6) is 0 Å². The van der Waals surface area contributed by atoms with Gasteiger partial charge in [-0.1, -0.05) is 29.8 Å². The average molecular weight is 236 g/mol. The number of β-amino-alcohol motifs (C(OH)–C–C–N with tert-alkyl or cyclic N) is 1. The van der Waals surface area contributed by atoms with E-state index in [0.29, 0.717) is 18.4 Å². The lowest BCUT2D eigenvalue weighted by Crippen LogP contribution is -2.66. The molecule has 0 atom stereocenters. The van der Waals surface area contributed by atoms with E-state index < -0.39 is 5.60 Å². The molecule has 1 aliphatic rings. The molecule has 1 heterocycles. The van der Waals surface area contributed by atoms with Crippen molar-refractivity contribution in [1.82, 2.24) is 4.90 Å². The first-order chi connectivity index (χ1) is 5.49. The van der Waals surface area contributed by atoms with Gasteiger partial charge in [-0.2, -0.15) is 0 Å². The summed E-state index contributed by atoms with van der Waals surface area (Å²) >= 11 is 3.09. The third-order valence-corrected chi connectivity index (χ3v) is 2.95. The lowest BCUT2D eigenvalue weighted by molar-refractivity contribution is -0.161. The zero-order chi connectivity index (χ0) is 9.35. The van der Waals surface area contributed by atoms with Gasteiger partial charge in [0.15, 0.2) is 0 Å². The van der Waals surface area contributed by atoms with Crippen LogP contribution in [0.1, 0.15) is 13.8 Å². The van der Waals surface area contributed by atoms with E-state index in [1.165, 1.54) is 0 Å². The van der Waals surface area contributed by atoms with E-state index in [0.717, 1.165) is 0 Å². The zero-order valence-corrected chi connectivity index (χ0v) is 8.97. The van der Waals surface area contributed by atoms with Gasteiger partial charge in [0.2, 0.25) is 5.91 Å². The van der Waals surface area contributed by atoms with Crippen LogP contribution in [0.4, 0.5) is 0 Å². The van der Waals surface area contributed by atoms with Gasteiger partial charge < -0.3 is 10.0 Å². The highest BCUT2D eigenvalue weighted by atomic mass is 79.9. The van der Waals surface area contributed by atoms with Crippen molar-refractivity contribution in [3.63, 3.8) is 0 Å². The van der Waals surface area contributed by atoms with Crippen LogP contribution in [0.25, 0.3) is 0 Å². The molecule has 12 heavy (non-hydrogen) atoms. The second kappa shape index (κ2) is 3.34. The smallest absolute Gasteiger partial charge is 0.233 e. The Morgan fingerprint density at radius 2 is 2.17 bits per heavy atom. The van der Waals surface area contributed by atoms with E-state index in [4.69, 9.17) is 0 Å². The summed E-state index contributed by atoms with van der Waals surface area (Å²) < 4.78 is 0. The quantitative estimate of drug-likeness (QED) is 0.713. The Hall–Kier alpha value is -0.0900. The molecule has 0 aromatic rings. The van der Waals surface area contributed by atoms with E-state index in [-0.39, 0.29) is 11.8 Å². The molecule has 0 spiro atoms. The van der Waals surface area contributed by atoms with E-state index in [2.05, 4.69) is 15.9 Å². The maximum Gasteiger partial charge on any atom is 0.233 e. The van der Waals surface area contributed by atoms with Crippen molar-refractivity contribution in [3.8, 4) is 0 Å². The number of halogens is 1. The number of carbonyl (C=O) groups excluding carboxylic acids is 1. The Morgan fingerprint density at radius 1 is 1.67 bits per heavy atom. The van der Waals surface area contributed by atoms with E-state index in [1.54, 1.807) is 4.90 Å². The van der Waals surface area contributed by atoms with Crippen LogP contribution in [-0.2, 0) is 4.79 Å². The third kappa shape index (κ3) is 1.64. The van der Waals surface area contributed by atoms with Gasteiger partial charge in [-0.15, -0.1) is 0 Å². The van der Waals surface area contributed by atoms with E-state index >= 15 is 0 Å². The lowest BCUT2D eigenvalue weighted by atomic mass is 9.83. The predicted molar refractivity (Wildman–Crippen MR) is 50.2 cm³/mol. The topological polar surface area (TPSA) is 40.5 Å². The van der Waals surface area contributed by atoms with Crippen LogP contribution in [0.15, 0.2) is 0 Å². The second-order valence-corrected chi connectivity index (χ2v) is 4.20. The first kappa shape index (κ1) is 9.99. The number of carbonyl (C=O) groups is 1. The highest BCUT2D eigenvalue weighted by Crippen LogP contribution is 2.28. The van der Waals surface area contributed by atoms with Gasteiger partial charge in [-0.3, -0.25) is 4.79 Å². The Kier molecular flexibility index (Phi) is 2.78. The maximum atomic E-state index is 11.1. The summed E-state index contributed by atoms with van der Waals surface area (Å²) in [4.78, 5) is 12.7. The largest absolute Gasteiger partial charge is 0.386 e. The summed E-state index contributed by atoms with van der Waals surface area (Å²) in [7, 11) is 0. The summed E-state index contributed by atoms with van der Waals surface area (Å²) in [5.74, 6) is 0.275. The number of rotatable bonds is 2. The van der Waals surface area contributed by atoms with Crippen molar-refractivity contribution in [2.75, 3.05) is 18.4 Å². The number of aliphatic hydroxyl groups is 1. The highest BCUT2D eigenvalue weighted by molar-refractivity contribution is 9.09. The molecule has 0 unspecified atom stereocenters. The minimum Gasteiger partial charge on any atom is -0.386 e. The fourth-order valence-corrected chi connectivity index (χ4v) is 1.60.